The number of thiazole rings is 1. The molecule has 1 N–H and O–H groups in total. The first kappa shape index (κ1) is 18.6. The van der Waals surface area contributed by atoms with Gasteiger partial charge in [-0.2, -0.15) is 0 Å². The van der Waals surface area contributed by atoms with Gasteiger partial charge in [-0.05, 0) is 43.3 Å². The minimum atomic E-state index is -0.482. The zero-order valence-corrected chi connectivity index (χ0v) is 16.4. The number of methoxy groups -OCH3 is 1. The summed E-state index contributed by atoms with van der Waals surface area (Å²) in [6.45, 7) is 1.85. The molecule has 0 spiro atoms. The van der Waals surface area contributed by atoms with E-state index in [1.54, 1.807) is 7.11 Å². The molecule has 4 aromatic rings. The van der Waals surface area contributed by atoms with Crippen molar-refractivity contribution in [3.8, 4) is 17.0 Å². The maximum atomic E-state index is 12.7. The van der Waals surface area contributed by atoms with Crippen LogP contribution in [-0.2, 0) is 0 Å². The fourth-order valence-electron chi connectivity index (χ4n) is 2.92. The van der Waals surface area contributed by atoms with Gasteiger partial charge in [0, 0.05) is 35.3 Å². The van der Waals surface area contributed by atoms with E-state index in [0.29, 0.717) is 15.5 Å². The number of ether oxygens (including phenoxy) is 1. The van der Waals surface area contributed by atoms with Gasteiger partial charge < -0.3 is 10.1 Å². The van der Waals surface area contributed by atoms with E-state index in [1.165, 1.54) is 35.6 Å². The van der Waals surface area contributed by atoms with Crippen LogP contribution in [0.4, 0.5) is 11.4 Å². The molecule has 0 fully saturated rings. The fourth-order valence-corrected chi connectivity index (χ4v) is 3.92. The second kappa shape index (κ2) is 7.36. The lowest BCUT2D eigenvalue weighted by molar-refractivity contribution is -0.384. The number of imidazole rings is 1. The topological polar surface area (TPSA) is 98.8 Å². The van der Waals surface area contributed by atoms with Crippen molar-refractivity contribution < 1.29 is 14.5 Å². The van der Waals surface area contributed by atoms with E-state index >= 15 is 0 Å². The van der Waals surface area contributed by atoms with Crippen LogP contribution in [0.3, 0.4) is 0 Å². The summed E-state index contributed by atoms with van der Waals surface area (Å²) >= 11 is 1.29. The number of fused-ring (bicyclic) bond motifs is 1. The van der Waals surface area contributed by atoms with E-state index in [9.17, 15) is 14.9 Å². The van der Waals surface area contributed by atoms with Gasteiger partial charge in [-0.3, -0.25) is 19.3 Å². The Hall–Kier alpha value is -3.72. The normalized spacial score (nSPS) is 10.8. The summed E-state index contributed by atoms with van der Waals surface area (Å²) in [5, 5.41) is 13.5. The molecule has 8 nitrogen and oxygen atoms in total. The molecule has 0 aliphatic heterocycles. The van der Waals surface area contributed by atoms with Crippen molar-refractivity contribution >= 4 is 33.6 Å². The lowest BCUT2D eigenvalue weighted by Gasteiger charge is -2.04. The van der Waals surface area contributed by atoms with Crippen molar-refractivity contribution in [3.05, 3.63) is 75.4 Å². The van der Waals surface area contributed by atoms with Gasteiger partial charge in [0.2, 0.25) is 0 Å². The maximum absolute atomic E-state index is 12.7. The van der Waals surface area contributed by atoms with Crippen molar-refractivity contribution in [1.82, 2.24) is 9.38 Å². The molecule has 0 bridgehead atoms. The molecule has 9 heteroatoms. The molecule has 2 aromatic heterocycles. The van der Waals surface area contributed by atoms with E-state index in [2.05, 4.69) is 10.3 Å². The van der Waals surface area contributed by atoms with E-state index in [-0.39, 0.29) is 11.6 Å². The molecular formula is C20H16N4O4S. The van der Waals surface area contributed by atoms with E-state index in [4.69, 9.17) is 4.74 Å². The Morgan fingerprint density at radius 1 is 1.17 bits per heavy atom. The van der Waals surface area contributed by atoms with Gasteiger partial charge in [0.15, 0.2) is 4.96 Å². The summed E-state index contributed by atoms with van der Waals surface area (Å²) in [5.41, 5.74) is 3.00. The van der Waals surface area contributed by atoms with E-state index in [1.807, 2.05) is 41.8 Å². The summed E-state index contributed by atoms with van der Waals surface area (Å²) < 4.78 is 7.06. The van der Waals surface area contributed by atoms with Crippen LogP contribution in [0.5, 0.6) is 5.75 Å². The summed E-state index contributed by atoms with van der Waals surface area (Å²) in [4.78, 5) is 28.8. The first-order valence-electron chi connectivity index (χ1n) is 8.65. The minimum absolute atomic E-state index is 0.0279. The van der Waals surface area contributed by atoms with Gasteiger partial charge in [-0.1, -0.05) is 11.3 Å². The average molecular weight is 408 g/mol. The lowest BCUT2D eigenvalue weighted by Crippen LogP contribution is -2.11. The highest BCUT2D eigenvalue weighted by atomic mass is 32.1. The van der Waals surface area contributed by atoms with Gasteiger partial charge in [-0.15, -0.1) is 0 Å². The molecule has 2 heterocycles. The molecule has 2 aromatic carbocycles. The van der Waals surface area contributed by atoms with Gasteiger partial charge in [0.25, 0.3) is 11.6 Å². The number of rotatable bonds is 5. The van der Waals surface area contributed by atoms with Crippen LogP contribution in [0.2, 0.25) is 0 Å². The number of hydrogen-bond acceptors (Lipinski definition) is 6. The van der Waals surface area contributed by atoms with Crippen LogP contribution in [0.25, 0.3) is 16.2 Å². The highest BCUT2D eigenvalue weighted by molar-refractivity contribution is 7.19. The molecule has 29 heavy (non-hydrogen) atoms. The smallest absolute Gasteiger partial charge is 0.269 e. The predicted molar refractivity (Wildman–Crippen MR) is 111 cm³/mol. The van der Waals surface area contributed by atoms with Gasteiger partial charge >= 0.3 is 0 Å². The number of carbonyl (C=O) groups is 1. The van der Waals surface area contributed by atoms with Crippen molar-refractivity contribution in [1.29, 1.82) is 0 Å². The Kier molecular flexibility index (Phi) is 4.73. The minimum Gasteiger partial charge on any atom is -0.497 e. The number of nitro benzene ring substituents is 1. The Bertz CT molecular complexity index is 1210. The number of anilines is 1. The second-order valence-corrected chi connectivity index (χ2v) is 7.26. The Balaban J connectivity index is 1.57. The Labute approximate surface area is 169 Å². The van der Waals surface area contributed by atoms with Crippen LogP contribution in [-0.4, -0.2) is 27.3 Å². The number of amides is 1. The van der Waals surface area contributed by atoms with E-state index < -0.39 is 4.92 Å². The summed E-state index contributed by atoms with van der Waals surface area (Å²) in [6.07, 6.45) is 1.89. The second-order valence-electron chi connectivity index (χ2n) is 6.28. The number of nitrogens with one attached hydrogen (secondary N) is 1. The van der Waals surface area contributed by atoms with Crippen LogP contribution < -0.4 is 10.1 Å². The van der Waals surface area contributed by atoms with Gasteiger partial charge in [0.1, 0.15) is 10.6 Å². The molecule has 4 rings (SSSR count). The number of non-ortho nitro benzene ring substituents is 1. The zero-order valence-electron chi connectivity index (χ0n) is 15.6. The van der Waals surface area contributed by atoms with Gasteiger partial charge in [-0.25, -0.2) is 4.98 Å². The third kappa shape index (κ3) is 3.55. The molecule has 0 unspecified atom stereocenters. The van der Waals surface area contributed by atoms with Crippen LogP contribution in [0.1, 0.15) is 15.4 Å². The van der Waals surface area contributed by atoms with Crippen molar-refractivity contribution in [2.75, 3.05) is 12.4 Å². The molecule has 0 aliphatic rings. The van der Waals surface area contributed by atoms with Crippen molar-refractivity contribution in [2.45, 2.75) is 6.92 Å². The van der Waals surface area contributed by atoms with Crippen molar-refractivity contribution in [2.24, 2.45) is 0 Å². The third-order valence-electron chi connectivity index (χ3n) is 4.48. The number of nitro groups is 1. The molecule has 0 radical (unpaired) electrons. The first-order chi connectivity index (χ1) is 14.0. The lowest BCUT2D eigenvalue weighted by atomic mass is 10.2. The SMILES string of the molecule is COc1ccc(-c2cn3c(C)c(C(=O)Nc4ccc([N+](=O)[O-])cc4)sc3n2)cc1. The molecule has 0 saturated heterocycles. The largest absolute Gasteiger partial charge is 0.497 e. The molecule has 146 valence electrons. The van der Waals surface area contributed by atoms with Crippen LogP contribution in [0, 0.1) is 17.0 Å². The highest BCUT2D eigenvalue weighted by Crippen LogP contribution is 2.28. The Morgan fingerprint density at radius 3 is 2.45 bits per heavy atom. The number of benzene rings is 2. The molecule has 0 saturated carbocycles. The quantitative estimate of drug-likeness (QED) is 0.386. The van der Waals surface area contributed by atoms with Crippen molar-refractivity contribution in [3.63, 3.8) is 0 Å². The number of hydrogen-bond donors (Lipinski definition) is 1. The summed E-state index contributed by atoms with van der Waals surface area (Å²) in [5.74, 6) is 0.494. The standard InChI is InChI=1S/C20H16N4O4S/c1-12-18(19(25)21-14-5-7-15(8-6-14)24(26)27)29-20-22-17(11-23(12)20)13-3-9-16(28-2)10-4-13/h3-11H,1-2H3,(H,21,25). The molecular weight excluding hydrogens is 392 g/mol. The summed E-state index contributed by atoms with van der Waals surface area (Å²) in [7, 11) is 1.62. The number of nitrogens with zero attached hydrogens (tertiary/aromatic N) is 3. The fraction of sp³-hybridized carbons (Fsp3) is 0.100. The number of carbonyl (C=O) groups excluding carboxylic acids is 1. The molecule has 1 amide bonds. The summed E-state index contributed by atoms with van der Waals surface area (Å²) in [6, 6.07) is 13.3. The maximum Gasteiger partial charge on any atom is 0.269 e. The predicted octanol–water partition coefficient (Wildman–Crippen LogP) is 4.54. The highest BCUT2D eigenvalue weighted by Gasteiger charge is 2.18. The third-order valence-corrected chi connectivity index (χ3v) is 5.64. The molecule has 0 atom stereocenters. The molecule has 0 aliphatic carbocycles. The number of aromatic nitrogens is 2. The first-order valence-corrected chi connectivity index (χ1v) is 9.46. The van der Waals surface area contributed by atoms with Crippen LogP contribution in [0.15, 0.2) is 54.7 Å². The van der Waals surface area contributed by atoms with E-state index in [0.717, 1.165) is 22.7 Å². The Morgan fingerprint density at radius 2 is 1.86 bits per heavy atom. The number of aryl methyl sites for hydroxylation is 1. The average Bonchev–Trinajstić information content (AvgIpc) is 3.28. The van der Waals surface area contributed by atoms with Crippen LogP contribution >= 0.6 is 11.3 Å². The zero-order chi connectivity index (χ0) is 20.5. The monoisotopic (exact) mass is 408 g/mol. The van der Waals surface area contributed by atoms with Gasteiger partial charge in [0.05, 0.1) is 17.7 Å².